The number of rotatable bonds is 5. The molecule has 1 aliphatic heterocycles. The molecule has 1 aliphatic rings. The molecule has 7 nitrogen and oxygen atoms in total. The van der Waals surface area contributed by atoms with Crippen LogP contribution in [0.15, 0.2) is 60.8 Å². The third-order valence-corrected chi connectivity index (χ3v) is 7.21. The number of aromatic nitrogens is 3. The fraction of sp³-hybridized carbons (Fsp3) is 0.367. The highest BCUT2D eigenvalue weighted by atomic mass is 35.5. The van der Waals surface area contributed by atoms with Crippen molar-refractivity contribution in [3.8, 4) is 11.3 Å². The van der Waals surface area contributed by atoms with Crippen LogP contribution in [0, 0.1) is 0 Å². The van der Waals surface area contributed by atoms with Crippen molar-refractivity contribution in [1.29, 1.82) is 0 Å². The molecule has 5 rings (SSSR count). The molecule has 4 heterocycles. The molecule has 1 unspecified atom stereocenters. The Bertz CT molecular complexity index is 1420. The smallest absolute Gasteiger partial charge is 0.410 e. The molecule has 1 saturated heterocycles. The largest absolute Gasteiger partial charge is 0.444 e. The second-order valence-electron chi connectivity index (χ2n) is 10.9. The molecule has 38 heavy (non-hydrogen) atoms. The average Bonchev–Trinajstić information content (AvgIpc) is 3.34. The Balaban J connectivity index is 1.36. The molecule has 0 spiro atoms. The van der Waals surface area contributed by atoms with Crippen molar-refractivity contribution in [3.05, 3.63) is 77.1 Å². The van der Waals surface area contributed by atoms with E-state index in [-0.39, 0.29) is 12.1 Å². The number of nitrogens with zero attached hydrogens (tertiary/aromatic N) is 3. The van der Waals surface area contributed by atoms with Crippen LogP contribution < -0.4 is 5.32 Å². The molecule has 3 aromatic heterocycles. The molecule has 198 valence electrons. The highest BCUT2D eigenvalue weighted by Crippen LogP contribution is 2.36. The number of halogens is 1. The summed E-state index contributed by atoms with van der Waals surface area (Å²) in [6.07, 6.45) is 3.26. The number of carbonyl (C=O) groups excluding carboxylic acids is 1. The van der Waals surface area contributed by atoms with Crippen molar-refractivity contribution in [2.45, 2.75) is 58.1 Å². The summed E-state index contributed by atoms with van der Waals surface area (Å²) in [6, 6.07) is 18.3. The van der Waals surface area contributed by atoms with Crippen molar-refractivity contribution in [2.75, 3.05) is 18.4 Å². The number of amides is 1. The lowest BCUT2D eigenvalue weighted by atomic mass is 9.93. The predicted molar refractivity (Wildman–Crippen MR) is 153 cm³/mol. The maximum Gasteiger partial charge on any atom is 0.410 e. The first-order chi connectivity index (χ1) is 18.2. The summed E-state index contributed by atoms with van der Waals surface area (Å²) in [4.78, 5) is 27.3. The van der Waals surface area contributed by atoms with Gasteiger partial charge in [0.1, 0.15) is 17.1 Å². The molecule has 2 N–H and O–H groups in total. The lowest BCUT2D eigenvalue weighted by Crippen LogP contribution is -2.41. The monoisotopic (exact) mass is 531 g/mol. The van der Waals surface area contributed by atoms with E-state index in [4.69, 9.17) is 21.3 Å². The Kier molecular flexibility index (Phi) is 7.30. The number of hydrogen-bond acceptors (Lipinski definition) is 5. The van der Waals surface area contributed by atoms with E-state index in [2.05, 4.69) is 40.4 Å². The van der Waals surface area contributed by atoms with Gasteiger partial charge < -0.3 is 19.9 Å². The van der Waals surface area contributed by atoms with Gasteiger partial charge in [0, 0.05) is 47.9 Å². The topological polar surface area (TPSA) is 83.1 Å². The molecular formula is C30H34ClN5O2. The number of nitrogens with one attached hydrogen (secondary N) is 2. The molecule has 1 fully saturated rings. The highest BCUT2D eigenvalue weighted by Gasteiger charge is 2.28. The van der Waals surface area contributed by atoms with Gasteiger partial charge in [0.2, 0.25) is 0 Å². The van der Waals surface area contributed by atoms with Crippen LogP contribution in [0.2, 0.25) is 5.02 Å². The van der Waals surface area contributed by atoms with Gasteiger partial charge >= 0.3 is 6.09 Å². The summed E-state index contributed by atoms with van der Waals surface area (Å²) in [7, 11) is 0. The predicted octanol–water partition coefficient (Wildman–Crippen LogP) is 7.57. The molecular weight excluding hydrogens is 498 g/mol. The van der Waals surface area contributed by atoms with Crippen molar-refractivity contribution in [2.24, 2.45) is 0 Å². The second kappa shape index (κ2) is 10.7. The Morgan fingerprint density at radius 3 is 2.58 bits per heavy atom. The second-order valence-corrected chi connectivity index (χ2v) is 11.3. The number of carbonyl (C=O) groups is 1. The lowest BCUT2D eigenvalue weighted by Gasteiger charge is -2.33. The Morgan fingerprint density at radius 1 is 1.13 bits per heavy atom. The van der Waals surface area contributed by atoms with E-state index in [1.807, 2.05) is 57.2 Å². The number of fused-ring (bicyclic) bond motifs is 1. The minimum absolute atomic E-state index is 0.0978. The van der Waals surface area contributed by atoms with Gasteiger partial charge in [-0.1, -0.05) is 41.9 Å². The number of benzene rings is 1. The Hall–Kier alpha value is -3.58. The summed E-state index contributed by atoms with van der Waals surface area (Å²) in [5, 5.41) is 5.06. The number of H-pyrrole nitrogens is 1. The normalized spacial score (nSPS) is 15.4. The standard InChI is InChI=1S/C30H34ClN5O2/c1-19(20-8-6-5-7-9-20)33-26-11-10-24(31)27(35-26)22-12-15-32-28-23(22)18-25(34-28)21-13-16-36(17-14-21)29(37)38-30(2,3)4/h5-12,15,18-19,21H,13-14,16-17H2,1-4H3,(H,32,34)(H,33,35). The van der Waals surface area contributed by atoms with Gasteiger partial charge in [-0.05, 0) is 70.4 Å². The maximum atomic E-state index is 12.5. The first-order valence-electron chi connectivity index (χ1n) is 13.1. The van der Waals surface area contributed by atoms with Gasteiger partial charge in [0.15, 0.2) is 0 Å². The Morgan fingerprint density at radius 2 is 1.87 bits per heavy atom. The van der Waals surface area contributed by atoms with Crippen molar-refractivity contribution in [3.63, 3.8) is 0 Å². The Labute approximate surface area is 228 Å². The van der Waals surface area contributed by atoms with Crippen molar-refractivity contribution < 1.29 is 9.53 Å². The molecule has 0 saturated carbocycles. The zero-order chi connectivity index (χ0) is 26.9. The number of piperidine rings is 1. The number of anilines is 1. The molecule has 0 radical (unpaired) electrons. The molecule has 0 bridgehead atoms. The SMILES string of the molecule is CC(Nc1ccc(Cl)c(-c2ccnc3[nH]c(C4CCN(C(=O)OC(C)(C)C)CC4)cc23)n1)c1ccccc1. The first-order valence-corrected chi connectivity index (χ1v) is 13.5. The van der Waals surface area contributed by atoms with Gasteiger partial charge in [0.25, 0.3) is 0 Å². The van der Waals surface area contributed by atoms with Crippen LogP contribution in [-0.4, -0.2) is 44.6 Å². The number of ether oxygens (including phenoxy) is 1. The van der Waals surface area contributed by atoms with E-state index in [0.29, 0.717) is 24.0 Å². The zero-order valence-corrected chi connectivity index (χ0v) is 23.0. The fourth-order valence-corrected chi connectivity index (χ4v) is 5.14. The van der Waals surface area contributed by atoms with Crippen LogP contribution >= 0.6 is 11.6 Å². The van der Waals surface area contributed by atoms with Crippen molar-refractivity contribution in [1.82, 2.24) is 19.9 Å². The van der Waals surface area contributed by atoms with Crippen LogP contribution in [0.1, 0.15) is 63.8 Å². The van der Waals surface area contributed by atoms with Gasteiger partial charge in [-0.15, -0.1) is 0 Å². The third-order valence-electron chi connectivity index (χ3n) is 6.90. The quantitative estimate of drug-likeness (QED) is 0.277. The molecule has 1 atom stereocenters. The van der Waals surface area contributed by atoms with E-state index in [1.54, 1.807) is 11.1 Å². The molecule has 0 aliphatic carbocycles. The van der Waals surface area contributed by atoms with Crippen LogP contribution in [0.4, 0.5) is 10.6 Å². The summed E-state index contributed by atoms with van der Waals surface area (Å²) < 4.78 is 5.55. The van der Waals surface area contributed by atoms with E-state index in [0.717, 1.165) is 46.6 Å². The summed E-state index contributed by atoms with van der Waals surface area (Å²) in [6.45, 7) is 9.12. The minimum atomic E-state index is -0.491. The number of pyridine rings is 2. The molecule has 8 heteroatoms. The van der Waals surface area contributed by atoms with Gasteiger partial charge in [0.05, 0.1) is 10.7 Å². The van der Waals surface area contributed by atoms with E-state index < -0.39 is 5.60 Å². The molecule has 1 amide bonds. The summed E-state index contributed by atoms with van der Waals surface area (Å²) in [5.41, 5.74) is 4.27. The minimum Gasteiger partial charge on any atom is -0.444 e. The first kappa shape index (κ1) is 26.0. The summed E-state index contributed by atoms with van der Waals surface area (Å²) >= 11 is 6.66. The van der Waals surface area contributed by atoms with E-state index in [1.165, 1.54) is 5.56 Å². The van der Waals surface area contributed by atoms with Gasteiger partial charge in [-0.3, -0.25) is 0 Å². The van der Waals surface area contributed by atoms with E-state index in [9.17, 15) is 4.79 Å². The zero-order valence-electron chi connectivity index (χ0n) is 22.3. The fourth-order valence-electron chi connectivity index (χ4n) is 4.93. The third kappa shape index (κ3) is 5.78. The van der Waals surface area contributed by atoms with Crippen molar-refractivity contribution >= 4 is 34.5 Å². The van der Waals surface area contributed by atoms with Gasteiger partial charge in [-0.25, -0.2) is 14.8 Å². The van der Waals surface area contributed by atoms with Crippen LogP contribution in [0.5, 0.6) is 0 Å². The average molecular weight is 532 g/mol. The molecule has 4 aromatic rings. The number of hydrogen-bond donors (Lipinski definition) is 2. The van der Waals surface area contributed by atoms with Crippen LogP contribution in [0.25, 0.3) is 22.3 Å². The number of aromatic amines is 1. The number of likely N-dealkylation sites (tertiary alicyclic amines) is 1. The van der Waals surface area contributed by atoms with Crippen LogP contribution in [-0.2, 0) is 4.74 Å². The highest BCUT2D eigenvalue weighted by molar-refractivity contribution is 6.33. The van der Waals surface area contributed by atoms with E-state index >= 15 is 0 Å². The maximum absolute atomic E-state index is 12.5. The lowest BCUT2D eigenvalue weighted by molar-refractivity contribution is 0.0204. The van der Waals surface area contributed by atoms with Gasteiger partial charge in [-0.2, -0.15) is 0 Å². The van der Waals surface area contributed by atoms with Crippen LogP contribution in [0.3, 0.4) is 0 Å². The molecule has 1 aromatic carbocycles. The summed E-state index contributed by atoms with van der Waals surface area (Å²) in [5.74, 6) is 1.06.